The fourth-order valence-corrected chi connectivity index (χ4v) is 2.55. The molecule has 136 valence electrons. The van der Waals surface area contributed by atoms with Crippen molar-refractivity contribution in [3.8, 4) is 11.3 Å². The predicted molar refractivity (Wildman–Crippen MR) is 89.2 cm³/mol. The van der Waals surface area contributed by atoms with Gasteiger partial charge in [0.05, 0.1) is 5.69 Å². The number of carbonyl (C=O) groups excluding carboxylic acids is 1. The normalized spacial score (nSPS) is 12.0. The maximum absolute atomic E-state index is 13.5. The number of nitrogens with one attached hydrogen (secondary N) is 1. The van der Waals surface area contributed by atoms with E-state index in [-0.39, 0.29) is 17.0 Å². The lowest BCUT2D eigenvalue weighted by Gasteiger charge is -2.11. The van der Waals surface area contributed by atoms with Gasteiger partial charge in [0.25, 0.3) is 5.91 Å². The van der Waals surface area contributed by atoms with Gasteiger partial charge in [-0.2, -0.15) is 18.3 Å². The predicted octanol–water partition coefficient (Wildman–Crippen LogP) is 3.14. The molecule has 3 aromatic rings. The third kappa shape index (κ3) is 3.25. The van der Waals surface area contributed by atoms with Crippen LogP contribution in [0.5, 0.6) is 0 Å². The van der Waals surface area contributed by atoms with E-state index in [9.17, 15) is 18.0 Å². The van der Waals surface area contributed by atoms with Crippen LogP contribution in [0.2, 0.25) is 0 Å². The number of hydrogen-bond acceptors (Lipinski definition) is 4. The van der Waals surface area contributed by atoms with Crippen molar-refractivity contribution in [3.63, 3.8) is 0 Å². The number of benzene rings is 1. The molecule has 1 amide bonds. The average Bonchev–Trinajstić information content (AvgIpc) is 3.03. The number of amides is 1. The Morgan fingerprint density at radius 1 is 1.19 bits per heavy atom. The minimum Gasteiger partial charge on any atom is -0.289 e. The highest BCUT2D eigenvalue weighted by Gasteiger charge is 2.35. The van der Waals surface area contributed by atoms with Crippen molar-refractivity contribution < 1.29 is 18.0 Å². The van der Waals surface area contributed by atoms with E-state index < -0.39 is 17.8 Å². The molecule has 26 heavy (non-hydrogen) atoms. The van der Waals surface area contributed by atoms with Crippen molar-refractivity contribution in [2.45, 2.75) is 25.9 Å². The summed E-state index contributed by atoms with van der Waals surface area (Å²) in [5.41, 5.74) is 2.21. The van der Waals surface area contributed by atoms with Crippen molar-refractivity contribution in [1.29, 1.82) is 0 Å². The first kappa shape index (κ1) is 17.9. The van der Waals surface area contributed by atoms with E-state index in [0.29, 0.717) is 16.0 Å². The van der Waals surface area contributed by atoms with Crippen LogP contribution in [0.1, 0.15) is 41.5 Å². The molecule has 0 aliphatic heterocycles. The van der Waals surface area contributed by atoms with E-state index >= 15 is 0 Å². The number of nitrogen functional groups attached to an aromatic ring is 1. The maximum Gasteiger partial charge on any atom is 0.433 e. The van der Waals surface area contributed by atoms with Crippen molar-refractivity contribution in [2.24, 2.45) is 5.84 Å². The first-order chi connectivity index (χ1) is 12.2. The second kappa shape index (κ2) is 6.41. The van der Waals surface area contributed by atoms with Crippen LogP contribution in [0.3, 0.4) is 0 Å². The zero-order valence-electron chi connectivity index (χ0n) is 14.0. The third-order valence-corrected chi connectivity index (χ3v) is 3.95. The molecule has 0 atom stereocenters. The van der Waals surface area contributed by atoms with Gasteiger partial charge in [-0.1, -0.05) is 38.1 Å². The topological polar surface area (TPSA) is 85.3 Å². The molecule has 0 saturated carbocycles. The standard InChI is InChI=1S/C17H16F3N5O/c1-9(2)10-3-5-11(6-4-10)12-7-14(17(18,19)20)25-15(22-12)8-13(24-25)16(26)23-21/h3-9H,21H2,1-2H3,(H,23,26). The summed E-state index contributed by atoms with van der Waals surface area (Å²) in [6.45, 7) is 4.05. The molecule has 2 heterocycles. The van der Waals surface area contributed by atoms with Crippen molar-refractivity contribution >= 4 is 11.6 Å². The van der Waals surface area contributed by atoms with Gasteiger partial charge in [-0.25, -0.2) is 15.3 Å². The van der Waals surface area contributed by atoms with Crippen LogP contribution in [0.25, 0.3) is 16.9 Å². The Balaban J connectivity index is 2.19. The molecule has 6 nitrogen and oxygen atoms in total. The largest absolute Gasteiger partial charge is 0.433 e. The van der Waals surface area contributed by atoms with Gasteiger partial charge >= 0.3 is 6.18 Å². The van der Waals surface area contributed by atoms with Crippen LogP contribution in [-0.2, 0) is 6.18 Å². The first-order valence-electron chi connectivity index (χ1n) is 7.80. The van der Waals surface area contributed by atoms with Crippen LogP contribution >= 0.6 is 0 Å². The van der Waals surface area contributed by atoms with Crippen LogP contribution in [0, 0.1) is 0 Å². The molecule has 2 aromatic heterocycles. The van der Waals surface area contributed by atoms with Crippen molar-refractivity contribution in [1.82, 2.24) is 20.0 Å². The molecule has 0 spiro atoms. The van der Waals surface area contributed by atoms with Gasteiger partial charge in [-0.3, -0.25) is 10.2 Å². The van der Waals surface area contributed by atoms with E-state index in [1.54, 1.807) is 12.1 Å². The zero-order valence-corrected chi connectivity index (χ0v) is 14.0. The highest BCUT2D eigenvalue weighted by Crippen LogP contribution is 2.32. The monoisotopic (exact) mass is 363 g/mol. The number of alkyl halides is 3. The smallest absolute Gasteiger partial charge is 0.289 e. The van der Waals surface area contributed by atoms with Crippen LogP contribution in [-0.4, -0.2) is 20.5 Å². The van der Waals surface area contributed by atoms with Crippen LogP contribution in [0.4, 0.5) is 13.2 Å². The molecule has 3 N–H and O–H groups in total. The first-order valence-corrected chi connectivity index (χ1v) is 7.80. The molecular weight excluding hydrogens is 347 g/mol. The van der Waals surface area contributed by atoms with E-state index in [4.69, 9.17) is 5.84 Å². The Labute approximate surface area is 146 Å². The Morgan fingerprint density at radius 2 is 1.85 bits per heavy atom. The number of nitrogens with two attached hydrogens (primary N) is 1. The lowest BCUT2D eigenvalue weighted by atomic mass is 10.0. The maximum atomic E-state index is 13.5. The molecular formula is C17H16F3N5O. The average molecular weight is 363 g/mol. The van der Waals surface area contributed by atoms with E-state index in [0.717, 1.165) is 17.7 Å². The summed E-state index contributed by atoms with van der Waals surface area (Å²) < 4.78 is 41.0. The van der Waals surface area contributed by atoms with E-state index in [1.165, 1.54) is 0 Å². The van der Waals surface area contributed by atoms with Crippen molar-refractivity contribution in [2.75, 3.05) is 0 Å². The van der Waals surface area contributed by atoms with E-state index in [1.807, 2.05) is 31.4 Å². The van der Waals surface area contributed by atoms with Gasteiger partial charge in [-0.15, -0.1) is 0 Å². The number of halogens is 3. The summed E-state index contributed by atoms with van der Waals surface area (Å²) in [7, 11) is 0. The molecule has 0 radical (unpaired) electrons. The molecule has 0 bridgehead atoms. The third-order valence-electron chi connectivity index (χ3n) is 3.95. The van der Waals surface area contributed by atoms with Gasteiger partial charge in [0.2, 0.25) is 0 Å². The fourth-order valence-electron chi connectivity index (χ4n) is 2.55. The number of hydrazine groups is 1. The van der Waals surface area contributed by atoms with Gasteiger partial charge in [0, 0.05) is 11.6 Å². The second-order valence-corrected chi connectivity index (χ2v) is 6.07. The molecule has 0 saturated heterocycles. The van der Waals surface area contributed by atoms with Crippen molar-refractivity contribution in [3.05, 3.63) is 53.3 Å². The molecule has 9 heteroatoms. The summed E-state index contributed by atoms with van der Waals surface area (Å²) in [6, 6.07) is 9.21. The molecule has 0 aliphatic carbocycles. The lowest BCUT2D eigenvalue weighted by Crippen LogP contribution is -2.30. The number of rotatable bonds is 3. The fraction of sp³-hybridized carbons (Fsp3) is 0.235. The van der Waals surface area contributed by atoms with Gasteiger partial charge in [-0.05, 0) is 17.5 Å². The summed E-state index contributed by atoms with van der Waals surface area (Å²) in [6.07, 6.45) is -4.67. The molecule has 0 aliphatic rings. The number of aromatic nitrogens is 3. The minimum atomic E-state index is -4.67. The molecule has 1 aromatic carbocycles. The minimum absolute atomic E-state index is 0.0960. The highest BCUT2D eigenvalue weighted by molar-refractivity contribution is 5.92. The summed E-state index contributed by atoms with van der Waals surface area (Å²) in [4.78, 5) is 15.8. The Morgan fingerprint density at radius 3 is 2.38 bits per heavy atom. The van der Waals surface area contributed by atoms with Gasteiger partial charge in [0.1, 0.15) is 0 Å². The molecule has 3 rings (SSSR count). The Bertz CT molecular complexity index is 961. The summed E-state index contributed by atoms with van der Waals surface area (Å²) in [5, 5.41) is 3.66. The zero-order chi connectivity index (χ0) is 19.1. The lowest BCUT2D eigenvalue weighted by molar-refractivity contribution is -0.142. The van der Waals surface area contributed by atoms with E-state index in [2.05, 4.69) is 10.1 Å². The number of nitrogens with zero attached hydrogens (tertiary/aromatic N) is 3. The quantitative estimate of drug-likeness (QED) is 0.425. The Kier molecular flexibility index (Phi) is 4.41. The van der Waals surface area contributed by atoms with Crippen LogP contribution < -0.4 is 11.3 Å². The number of fused-ring (bicyclic) bond motifs is 1. The number of hydrogen-bond donors (Lipinski definition) is 2. The van der Waals surface area contributed by atoms with Crippen LogP contribution in [0.15, 0.2) is 36.4 Å². The summed E-state index contributed by atoms with van der Waals surface area (Å²) in [5.74, 6) is 4.52. The molecule has 0 fully saturated rings. The second-order valence-electron chi connectivity index (χ2n) is 6.07. The Hall–Kier alpha value is -2.94. The SMILES string of the molecule is CC(C)c1ccc(-c2cc(C(F)(F)F)n3nc(C(=O)NN)cc3n2)cc1. The van der Waals surface area contributed by atoms with Gasteiger partial charge < -0.3 is 0 Å². The molecule has 0 unspecified atom stereocenters. The van der Waals surface area contributed by atoms with Gasteiger partial charge in [0.15, 0.2) is 17.0 Å². The highest BCUT2D eigenvalue weighted by atomic mass is 19.4. The summed E-state index contributed by atoms with van der Waals surface area (Å²) >= 11 is 0. The number of carbonyl (C=O) groups is 1.